The van der Waals surface area contributed by atoms with Crippen LogP contribution in [0.2, 0.25) is 10.0 Å². The van der Waals surface area contributed by atoms with Crippen molar-refractivity contribution in [1.29, 1.82) is 0 Å². The Morgan fingerprint density at radius 2 is 2.11 bits per heavy atom. The van der Waals surface area contributed by atoms with Crippen LogP contribution in [-0.2, 0) is 14.4 Å². The van der Waals surface area contributed by atoms with Crippen molar-refractivity contribution in [2.24, 2.45) is 0 Å². The predicted octanol–water partition coefficient (Wildman–Crippen LogP) is 3.08. The summed E-state index contributed by atoms with van der Waals surface area (Å²) in [5, 5.41) is 1.98. The maximum Gasteiger partial charge on any atom is 0.246 e. The number of aldehydes is 1. The molecule has 1 atom stereocenters. The molecule has 6 heteroatoms. The molecule has 1 unspecified atom stereocenters. The second kappa shape index (κ2) is 7.48. The zero-order valence-corrected chi connectivity index (χ0v) is 12.2. The summed E-state index contributed by atoms with van der Waals surface area (Å²) in [7, 11) is 2.93. The number of hydroxylamine groups is 2. The zero-order valence-electron chi connectivity index (χ0n) is 10.7. The standard InChI is InChI=1S/C13H15Cl2NO3/c1-16(19-2)13(18)8-10(5-6-17)9-3-4-11(14)12(15)7-9/h3-4,6-7,10H,5,8H2,1-2H3. The van der Waals surface area contributed by atoms with Crippen LogP contribution in [0, 0.1) is 0 Å². The Bertz CT molecular complexity index is 465. The van der Waals surface area contributed by atoms with E-state index in [1.807, 2.05) is 0 Å². The normalized spacial score (nSPS) is 12.0. The molecule has 1 aromatic rings. The maximum absolute atomic E-state index is 11.8. The van der Waals surface area contributed by atoms with Crippen LogP contribution in [0.1, 0.15) is 24.3 Å². The molecule has 0 fully saturated rings. The van der Waals surface area contributed by atoms with E-state index in [1.165, 1.54) is 14.2 Å². The van der Waals surface area contributed by atoms with Crippen molar-refractivity contribution in [3.8, 4) is 0 Å². The first kappa shape index (κ1) is 16.0. The average Bonchev–Trinajstić information content (AvgIpc) is 2.40. The Morgan fingerprint density at radius 1 is 1.42 bits per heavy atom. The quantitative estimate of drug-likeness (QED) is 0.599. The van der Waals surface area contributed by atoms with E-state index in [9.17, 15) is 9.59 Å². The fourth-order valence-electron chi connectivity index (χ4n) is 1.66. The Labute approximate surface area is 122 Å². The lowest BCUT2D eigenvalue weighted by molar-refractivity contribution is -0.169. The molecular formula is C13H15Cl2NO3. The van der Waals surface area contributed by atoms with Crippen LogP contribution in [0.15, 0.2) is 18.2 Å². The summed E-state index contributed by atoms with van der Waals surface area (Å²) in [5.41, 5.74) is 0.805. The summed E-state index contributed by atoms with van der Waals surface area (Å²) in [4.78, 5) is 27.4. The van der Waals surface area contributed by atoms with Gasteiger partial charge in [-0.15, -0.1) is 0 Å². The lowest BCUT2D eigenvalue weighted by Crippen LogP contribution is -2.27. The van der Waals surface area contributed by atoms with Gasteiger partial charge in [0, 0.05) is 19.9 Å². The SMILES string of the molecule is CON(C)C(=O)CC(CC=O)c1ccc(Cl)c(Cl)c1. The highest BCUT2D eigenvalue weighted by Gasteiger charge is 2.19. The summed E-state index contributed by atoms with van der Waals surface area (Å²) in [6, 6.07) is 5.10. The highest BCUT2D eigenvalue weighted by Crippen LogP contribution is 2.29. The Balaban J connectivity index is 2.90. The molecule has 0 saturated carbocycles. The van der Waals surface area contributed by atoms with Gasteiger partial charge in [-0.3, -0.25) is 9.63 Å². The molecule has 0 saturated heterocycles. The summed E-state index contributed by atoms with van der Waals surface area (Å²) in [5.74, 6) is -0.446. The van der Waals surface area contributed by atoms with Gasteiger partial charge in [-0.1, -0.05) is 29.3 Å². The summed E-state index contributed by atoms with van der Waals surface area (Å²) in [6.45, 7) is 0. The van der Waals surface area contributed by atoms with Crippen LogP contribution in [-0.4, -0.2) is 31.4 Å². The van der Waals surface area contributed by atoms with Crippen LogP contribution in [0.5, 0.6) is 0 Å². The number of hydrogen-bond donors (Lipinski definition) is 0. The monoisotopic (exact) mass is 303 g/mol. The molecule has 0 bridgehead atoms. The van der Waals surface area contributed by atoms with Crippen molar-refractivity contribution < 1.29 is 14.4 Å². The van der Waals surface area contributed by atoms with Gasteiger partial charge in [0.25, 0.3) is 0 Å². The smallest absolute Gasteiger partial charge is 0.246 e. The van der Waals surface area contributed by atoms with Crippen molar-refractivity contribution in [2.45, 2.75) is 18.8 Å². The Kier molecular flexibility index (Phi) is 6.28. The molecule has 0 aliphatic rings. The molecule has 0 spiro atoms. The van der Waals surface area contributed by atoms with Gasteiger partial charge in [-0.25, -0.2) is 5.06 Å². The van der Waals surface area contributed by atoms with E-state index in [4.69, 9.17) is 28.0 Å². The molecule has 104 valence electrons. The van der Waals surface area contributed by atoms with E-state index in [1.54, 1.807) is 18.2 Å². The summed E-state index contributed by atoms with van der Waals surface area (Å²) < 4.78 is 0. The third-order valence-electron chi connectivity index (χ3n) is 2.84. The molecular weight excluding hydrogens is 289 g/mol. The van der Waals surface area contributed by atoms with Gasteiger partial charge >= 0.3 is 0 Å². The second-order valence-corrected chi connectivity index (χ2v) is 4.87. The van der Waals surface area contributed by atoms with E-state index in [0.29, 0.717) is 10.0 Å². The number of benzene rings is 1. The molecule has 0 radical (unpaired) electrons. The van der Waals surface area contributed by atoms with Crippen molar-refractivity contribution in [2.75, 3.05) is 14.2 Å². The number of nitrogens with zero attached hydrogens (tertiary/aromatic N) is 1. The predicted molar refractivity (Wildman–Crippen MR) is 74.3 cm³/mol. The van der Waals surface area contributed by atoms with E-state index in [2.05, 4.69) is 0 Å². The van der Waals surface area contributed by atoms with Crippen molar-refractivity contribution in [3.63, 3.8) is 0 Å². The van der Waals surface area contributed by atoms with Crippen LogP contribution in [0.4, 0.5) is 0 Å². The lowest BCUT2D eigenvalue weighted by atomic mass is 9.93. The number of amides is 1. The minimum Gasteiger partial charge on any atom is -0.303 e. The van der Waals surface area contributed by atoms with Crippen molar-refractivity contribution in [3.05, 3.63) is 33.8 Å². The minimum atomic E-state index is -0.239. The van der Waals surface area contributed by atoms with Gasteiger partial charge in [0.15, 0.2) is 0 Å². The molecule has 19 heavy (non-hydrogen) atoms. The average molecular weight is 304 g/mol. The van der Waals surface area contributed by atoms with Crippen LogP contribution in [0.3, 0.4) is 0 Å². The van der Waals surface area contributed by atoms with Gasteiger partial charge in [-0.05, 0) is 23.6 Å². The Morgan fingerprint density at radius 3 is 2.63 bits per heavy atom. The third-order valence-corrected chi connectivity index (χ3v) is 3.58. The molecule has 0 N–H and O–H groups in total. The first-order chi connectivity index (χ1) is 8.99. The van der Waals surface area contributed by atoms with Gasteiger partial charge in [0.05, 0.1) is 17.2 Å². The van der Waals surface area contributed by atoms with E-state index < -0.39 is 0 Å². The first-order valence-electron chi connectivity index (χ1n) is 5.68. The lowest BCUT2D eigenvalue weighted by Gasteiger charge is -2.19. The maximum atomic E-state index is 11.8. The number of carbonyl (C=O) groups is 2. The number of halogens is 2. The summed E-state index contributed by atoms with van der Waals surface area (Å²) >= 11 is 11.8. The van der Waals surface area contributed by atoms with E-state index in [-0.39, 0.29) is 24.7 Å². The minimum absolute atomic E-state index is 0.168. The van der Waals surface area contributed by atoms with Crippen LogP contribution >= 0.6 is 23.2 Å². The molecule has 4 nitrogen and oxygen atoms in total. The molecule has 1 aromatic carbocycles. The highest BCUT2D eigenvalue weighted by atomic mass is 35.5. The fourth-order valence-corrected chi connectivity index (χ4v) is 1.97. The second-order valence-electron chi connectivity index (χ2n) is 4.05. The topological polar surface area (TPSA) is 46.6 Å². The molecule has 1 amide bonds. The van der Waals surface area contributed by atoms with Gasteiger partial charge < -0.3 is 4.79 Å². The summed E-state index contributed by atoms with van der Waals surface area (Å²) in [6.07, 6.45) is 1.19. The molecule has 0 aliphatic heterocycles. The van der Waals surface area contributed by atoms with E-state index >= 15 is 0 Å². The van der Waals surface area contributed by atoms with Crippen molar-refractivity contribution in [1.82, 2.24) is 5.06 Å². The number of rotatable bonds is 6. The third kappa shape index (κ3) is 4.49. The number of carbonyl (C=O) groups excluding carboxylic acids is 2. The molecule has 0 aliphatic carbocycles. The largest absolute Gasteiger partial charge is 0.303 e. The van der Waals surface area contributed by atoms with Crippen LogP contribution < -0.4 is 0 Å². The molecule has 1 rings (SSSR count). The molecule has 0 aromatic heterocycles. The van der Waals surface area contributed by atoms with Gasteiger partial charge in [0.1, 0.15) is 6.29 Å². The highest BCUT2D eigenvalue weighted by molar-refractivity contribution is 6.42. The van der Waals surface area contributed by atoms with Crippen LogP contribution in [0.25, 0.3) is 0 Å². The van der Waals surface area contributed by atoms with Gasteiger partial charge in [0.2, 0.25) is 5.91 Å². The molecule has 0 heterocycles. The zero-order chi connectivity index (χ0) is 14.4. The Hall–Kier alpha value is -1.10. The van der Waals surface area contributed by atoms with Gasteiger partial charge in [-0.2, -0.15) is 0 Å². The number of hydrogen-bond acceptors (Lipinski definition) is 3. The fraction of sp³-hybridized carbons (Fsp3) is 0.385. The first-order valence-corrected chi connectivity index (χ1v) is 6.44. The van der Waals surface area contributed by atoms with Crippen molar-refractivity contribution >= 4 is 35.4 Å². The van der Waals surface area contributed by atoms with E-state index in [0.717, 1.165) is 16.9 Å².